The van der Waals surface area contributed by atoms with Gasteiger partial charge in [-0.1, -0.05) is 29.7 Å². The van der Waals surface area contributed by atoms with Gasteiger partial charge in [0.2, 0.25) is 0 Å². The number of hydrogen-bond acceptors (Lipinski definition) is 6. The minimum Gasteiger partial charge on any atom is -0.360 e. The van der Waals surface area contributed by atoms with Gasteiger partial charge in [-0.15, -0.1) is 0 Å². The standard InChI is InChI=1S/C19H20ClN5O4S/c1-4-7-24-11(3)16(18(26)21-15-8-10(2)29-23-15)17(22-19(24)30)12-5-6-13(20)14(9-12)25(27)28/h5-6,8-9,17H,4,7H2,1-3H3,(H,22,30)(H,21,23,26)/t17-/m0/s1. The van der Waals surface area contributed by atoms with Crippen molar-refractivity contribution < 1.29 is 14.2 Å². The quantitative estimate of drug-likeness (QED) is 0.385. The Balaban J connectivity index is 2.07. The van der Waals surface area contributed by atoms with Gasteiger partial charge in [0, 0.05) is 24.4 Å². The third-order valence-electron chi connectivity index (χ3n) is 4.66. The highest BCUT2D eigenvalue weighted by Crippen LogP contribution is 2.35. The maximum absolute atomic E-state index is 13.2. The molecule has 0 radical (unpaired) electrons. The molecule has 0 aliphatic carbocycles. The van der Waals surface area contributed by atoms with Gasteiger partial charge in [-0.3, -0.25) is 14.9 Å². The van der Waals surface area contributed by atoms with E-state index in [1.807, 2.05) is 11.8 Å². The molecule has 2 heterocycles. The molecule has 0 spiro atoms. The van der Waals surface area contributed by atoms with Crippen molar-refractivity contribution in [3.63, 3.8) is 0 Å². The highest BCUT2D eigenvalue weighted by Gasteiger charge is 2.34. The summed E-state index contributed by atoms with van der Waals surface area (Å²) in [5.74, 6) is 0.407. The molecule has 1 aromatic heterocycles. The smallest absolute Gasteiger partial charge is 0.288 e. The number of nitro groups is 1. The fraction of sp³-hybridized carbons (Fsp3) is 0.316. The molecule has 1 aliphatic rings. The van der Waals surface area contributed by atoms with Crippen molar-refractivity contribution >= 4 is 46.3 Å². The highest BCUT2D eigenvalue weighted by atomic mass is 35.5. The maximum atomic E-state index is 13.2. The van der Waals surface area contributed by atoms with E-state index in [0.717, 1.165) is 6.42 Å². The van der Waals surface area contributed by atoms with Crippen molar-refractivity contribution in [1.29, 1.82) is 0 Å². The number of nitro benzene ring substituents is 1. The average Bonchev–Trinajstić information content (AvgIpc) is 3.09. The molecular weight excluding hydrogens is 430 g/mol. The lowest BCUT2D eigenvalue weighted by Gasteiger charge is -2.37. The third kappa shape index (κ3) is 4.29. The van der Waals surface area contributed by atoms with Gasteiger partial charge in [0.1, 0.15) is 10.8 Å². The van der Waals surface area contributed by atoms with Crippen molar-refractivity contribution in [2.75, 3.05) is 11.9 Å². The summed E-state index contributed by atoms with van der Waals surface area (Å²) in [6.45, 7) is 6.13. The first-order valence-corrected chi connectivity index (χ1v) is 9.98. The highest BCUT2D eigenvalue weighted by molar-refractivity contribution is 7.80. The number of hydrogen-bond donors (Lipinski definition) is 2. The number of nitrogens with one attached hydrogen (secondary N) is 2. The van der Waals surface area contributed by atoms with Crippen LogP contribution in [0.4, 0.5) is 11.5 Å². The van der Waals surface area contributed by atoms with Gasteiger partial charge < -0.3 is 20.1 Å². The van der Waals surface area contributed by atoms with Gasteiger partial charge in [-0.25, -0.2) is 0 Å². The normalized spacial score (nSPS) is 16.5. The number of nitrogens with zero attached hydrogens (tertiary/aromatic N) is 3. The number of aromatic nitrogens is 1. The first kappa shape index (κ1) is 21.7. The number of anilines is 1. The van der Waals surface area contributed by atoms with Gasteiger partial charge in [0.15, 0.2) is 10.9 Å². The molecule has 0 unspecified atom stereocenters. The Bertz CT molecular complexity index is 1050. The number of halogens is 1. The molecule has 0 fully saturated rings. The summed E-state index contributed by atoms with van der Waals surface area (Å²) in [6.07, 6.45) is 0.813. The first-order valence-electron chi connectivity index (χ1n) is 9.20. The molecule has 2 aromatic rings. The van der Waals surface area contributed by atoms with E-state index >= 15 is 0 Å². The van der Waals surface area contributed by atoms with Crippen LogP contribution in [0.5, 0.6) is 0 Å². The zero-order valence-electron chi connectivity index (χ0n) is 16.6. The summed E-state index contributed by atoms with van der Waals surface area (Å²) in [5.41, 5.74) is 1.27. The molecule has 3 rings (SSSR count). The number of amides is 1. The minimum absolute atomic E-state index is 0.0134. The second kappa shape index (κ2) is 8.80. The monoisotopic (exact) mass is 449 g/mol. The van der Waals surface area contributed by atoms with Crippen molar-refractivity contribution in [3.05, 3.63) is 62.0 Å². The Labute approximate surface area is 183 Å². The summed E-state index contributed by atoms with van der Waals surface area (Å²) in [4.78, 5) is 25.8. The molecule has 0 saturated heterocycles. The van der Waals surface area contributed by atoms with Gasteiger partial charge in [0.05, 0.1) is 16.5 Å². The molecule has 30 heavy (non-hydrogen) atoms. The van der Waals surface area contributed by atoms with Crippen LogP contribution in [0.1, 0.15) is 37.6 Å². The van der Waals surface area contributed by atoms with Crippen LogP contribution in [-0.4, -0.2) is 32.5 Å². The lowest BCUT2D eigenvalue weighted by atomic mass is 9.94. The van der Waals surface area contributed by atoms with E-state index in [4.69, 9.17) is 28.3 Å². The molecule has 1 amide bonds. The summed E-state index contributed by atoms with van der Waals surface area (Å²) in [7, 11) is 0. The first-order chi connectivity index (χ1) is 14.2. The van der Waals surface area contributed by atoms with Crippen LogP contribution in [0.2, 0.25) is 5.02 Å². The number of carbonyl (C=O) groups is 1. The van der Waals surface area contributed by atoms with Crippen LogP contribution in [0, 0.1) is 17.0 Å². The Hall–Kier alpha value is -2.98. The lowest BCUT2D eigenvalue weighted by molar-refractivity contribution is -0.384. The number of carbonyl (C=O) groups excluding carboxylic acids is 1. The van der Waals surface area contributed by atoms with Gasteiger partial charge in [-0.05, 0) is 44.1 Å². The second-order valence-corrected chi connectivity index (χ2v) is 7.57. The van der Waals surface area contributed by atoms with E-state index in [0.29, 0.717) is 34.3 Å². The SMILES string of the molecule is CCCN1C(=S)N[C@@H](c2ccc(Cl)c([N+](=O)[O-])c2)C(C(=O)Nc2cc(C)on2)=C1C. The Kier molecular flexibility index (Phi) is 6.37. The Morgan fingerprint density at radius 1 is 1.43 bits per heavy atom. The minimum atomic E-state index is -0.699. The van der Waals surface area contributed by atoms with Crippen molar-refractivity contribution in [3.8, 4) is 0 Å². The predicted octanol–water partition coefficient (Wildman–Crippen LogP) is 4.10. The summed E-state index contributed by atoms with van der Waals surface area (Å²) in [6, 6.07) is 5.31. The van der Waals surface area contributed by atoms with Crippen LogP contribution < -0.4 is 10.6 Å². The number of benzene rings is 1. The molecule has 1 aliphatic heterocycles. The molecule has 11 heteroatoms. The molecule has 2 N–H and O–H groups in total. The predicted molar refractivity (Wildman–Crippen MR) is 116 cm³/mol. The molecular formula is C19H20ClN5O4S. The van der Waals surface area contributed by atoms with E-state index in [-0.39, 0.29) is 16.5 Å². The zero-order valence-corrected chi connectivity index (χ0v) is 18.1. The van der Waals surface area contributed by atoms with Crippen LogP contribution in [0.15, 0.2) is 40.1 Å². The molecule has 158 valence electrons. The molecule has 0 bridgehead atoms. The number of rotatable bonds is 6. The van der Waals surface area contributed by atoms with Gasteiger partial charge in [-0.2, -0.15) is 0 Å². The summed E-state index contributed by atoms with van der Waals surface area (Å²) < 4.78 is 5.01. The third-order valence-corrected chi connectivity index (χ3v) is 5.32. The summed E-state index contributed by atoms with van der Waals surface area (Å²) >= 11 is 11.4. The molecule has 1 aromatic carbocycles. The molecule has 1 atom stereocenters. The van der Waals surface area contributed by atoms with Crippen LogP contribution in [0.25, 0.3) is 0 Å². The average molecular weight is 450 g/mol. The fourth-order valence-corrected chi connectivity index (χ4v) is 3.81. The summed E-state index contributed by atoms with van der Waals surface area (Å²) in [5, 5.41) is 21.4. The van der Waals surface area contributed by atoms with E-state index in [1.54, 1.807) is 26.0 Å². The van der Waals surface area contributed by atoms with E-state index < -0.39 is 16.9 Å². The van der Waals surface area contributed by atoms with Crippen LogP contribution in [0.3, 0.4) is 0 Å². The van der Waals surface area contributed by atoms with Crippen molar-refractivity contribution in [2.45, 2.75) is 33.2 Å². The van der Waals surface area contributed by atoms with Crippen LogP contribution >= 0.6 is 23.8 Å². The van der Waals surface area contributed by atoms with E-state index in [9.17, 15) is 14.9 Å². The van der Waals surface area contributed by atoms with Crippen molar-refractivity contribution in [2.24, 2.45) is 0 Å². The lowest BCUT2D eigenvalue weighted by Crippen LogP contribution is -2.48. The Morgan fingerprint density at radius 3 is 2.77 bits per heavy atom. The van der Waals surface area contributed by atoms with E-state index in [2.05, 4.69) is 15.8 Å². The topological polar surface area (TPSA) is 114 Å². The Morgan fingerprint density at radius 2 is 2.17 bits per heavy atom. The largest absolute Gasteiger partial charge is 0.360 e. The number of thiocarbonyl (C=S) groups is 1. The number of aryl methyl sites for hydroxylation is 1. The second-order valence-electron chi connectivity index (χ2n) is 6.78. The molecule has 9 nitrogen and oxygen atoms in total. The van der Waals surface area contributed by atoms with Crippen molar-refractivity contribution in [1.82, 2.24) is 15.4 Å². The van der Waals surface area contributed by atoms with Crippen LogP contribution in [-0.2, 0) is 4.79 Å². The fourth-order valence-electron chi connectivity index (χ4n) is 3.28. The molecule has 0 saturated carbocycles. The van der Waals surface area contributed by atoms with Gasteiger partial charge in [0.25, 0.3) is 11.6 Å². The zero-order chi connectivity index (χ0) is 22.0. The number of allylic oxidation sites excluding steroid dienone is 1. The van der Waals surface area contributed by atoms with E-state index in [1.165, 1.54) is 12.1 Å². The van der Waals surface area contributed by atoms with Gasteiger partial charge >= 0.3 is 0 Å². The maximum Gasteiger partial charge on any atom is 0.288 e.